The Labute approximate surface area is 131 Å². The van der Waals surface area contributed by atoms with E-state index in [1.165, 1.54) is 0 Å². The summed E-state index contributed by atoms with van der Waals surface area (Å²) >= 11 is 0. The smallest absolute Gasteiger partial charge is 0.322 e. The number of ether oxygens (including phenoxy) is 2. The van der Waals surface area contributed by atoms with E-state index in [2.05, 4.69) is 17.1 Å². The lowest BCUT2D eigenvalue weighted by Gasteiger charge is -2.10. The molecule has 0 aliphatic rings. The summed E-state index contributed by atoms with van der Waals surface area (Å²) in [6.45, 7) is 7.46. The van der Waals surface area contributed by atoms with Crippen LogP contribution in [0.25, 0.3) is 0 Å². The van der Waals surface area contributed by atoms with Gasteiger partial charge in [0.1, 0.15) is 11.5 Å². The summed E-state index contributed by atoms with van der Waals surface area (Å²) in [5.74, 6) is 2.26. The summed E-state index contributed by atoms with van der Waals surface area (Å²) in [7, 11) is 0. The van der Waals surface area contributed by atoms with Crippen LogP contribution >= 0.6 is 0 Å². The maximum absolute atomic E-state index is 5.88. The van der Waals surface area contributed by atoms with Crippen molar-refractivity contribution in [2.24, 2.45) is 5.73 Å². The number of benzene rings is 1. The van der Waals surface area contributed by atoms with Gasteiger partial charge in [-0.25, -0.2) is 0 Å². The maximum atomic E-state index is 5.88. The van der Waals surface area contributed by atoms with E-state index in [1.54, 1.807) is 0 Å². The Morgan fingerprint density at radius 1 is 1.14 bits per heavy atom. The molecule has 1 aromatic carbocycles. The molecule has 0 amide bonds. The number of aromatic nitrogens is 3. The zero-order valence-electron chi connectivity index (χ0n) is 13.5. The Bertz CT molecular complexity index is 578. The number of nitrogens with two attached hydrogens (primary N) is 1. The number of hydrogen-bond acceptors (Lipinski definition) is 5. The third-order valence-electron chi connectivity index (χ3n) is 3.27. The van der Waals surface area contributed by atoms with Gasteiger partial charge in [-0.3, -0.25) is 4.57 Å². The van der Waals surface area contributed by atoms with Crippen LogP contribution in [0, 0.1) is 0 Å². The lowest BCUT2D eigenvalue weighted by molar-refractivity contribution is 0.308. The van der Waals surface area contributed by atoms with Crippen LogP contribution in [0.4, 0.5) is 0 Å². The fraction of sp³-hybridized carbons (Fsp3) is 0.500. The van der Waals surface area contributed by atoms with E-state index in [-0.39, 0.29) is 6.04 Å². The van der Waals surface area contributed by atoms with Gasteiger partial charge in [0.15, 0.2) is 5.82 Å². The highest BCUT2D eigenvalue weighted by Crippen LogP contribution is 2.24. The van der Waals surface area contributed by atoms with Gasteiger partial charge in [0, 0.05) is 6.54 Å². The van der Waals surface area contributed by atoms with E-state index in [0.29, 0.717) is 18.3 Å². The zero-order valence-corrected chi connectivity index (χ0v) is 13.5. The molecule has 0 aliphatic carbocycles. The molecule has 1 atom stereocenters. The molecule has 1 aromatic heterocycles. The molecule has 6 heteroatoms. The molecule has 2 aromatic rings. The largest absolute Gasteiger partial charge is 0.494 e. The van der Waals surface area contributed by atoms with Gasteiger partial charge in [-0.2, -0.15) is 0 Å². The van der Waals surface area contributed by atoms with Crippen molar-refractivity contribution in [2.45, 2.75) is 46.2 Å². The lowest BCUT2D eigenvalue weighted by Crippen LogP contribution is -2.13. The first-order valence-electron chi connectivity index (χ1n) is 7.75. The second-order valence-electron chi connectivity index (χ2n) is 5.15. The molecule has 22 heavy (non-hydrogen) atoms. The van der Waals surface area contributed by atoms with Gasteiger partial charge in [-0.15, -0.1) is 5.10 Å². The van der Waals surface area contributed by atoms with Crippen LogP contribution in [0.3, 0.4) is 0 Å². The van der Waals surface area contributed by atoms with Crippen molar-refractivity contribution in [3.8, 4) is 17.5 Å². The minimum atomic E-state index is -0.181. The Hall–Kier alpha value is -2.08. The Balaban J connectivity index is 2.04. The van der Waals surface area contributed by atoms with E-state index in [0.717, 1.165) is 31.0 Å². The summed E-state index contributed by atoms with van der Waals surface area (Å²) in [6.07, 6.45) is 2.17. The maximum Gasteiger partial charge on any atom is 0.322 e. The summed E-state index contributed by atoms with van der Waals surface area (Å²) in [5, 5.41) is 8.15. The minimum absolute atomic E-state index is 0.181. The van der Waals surface area contributed by atoms with Gasteiger partial charge < -0.3 is 15.2 Å². The van der Waals surface area contributed by atoms with E-state index in [9.17, 15) is 0 Å². The van der Waals surface area contributed by atoms with Crippen LogP contribution in [0.15, 0.2) is 24.3 Å². The number of nitrogens with zero attached hydrogens (tertiary/aromatic N) is 3. The van der Waals surface area contributed by atoms with E-state index < -0.39 is 0 Å². The predicted molar refractivity (Wildman–Crippen MR) is 85.2 cm³/mol. The molecule has 1 heterocycles. The SMILES string of the molecule is CCCCOc1ccc(Oc2nnc([C@@H](C)N)n2CC)cc1. The molecule has 120 valence electrons. The summed E-state index contributed by atoms with van der Waals surface area (Å²) in [6, 6.07) is 7.78. The molecule has 2 rings (SSSR count). The van der Waals surface area contributed by atoms with E-state index >= 15 is 0 Å². The first kappa shape index (κ1) is 16.3. The zero-order chi connectivity index (χ0) is 15.9. The van der Waals surface area contributed by atoms with Gasteiger partial charge >= 0.3 is 6.01 Å². The third kappa shape index (κ3) is 3.98. The van der Waals surface area contributed by atoms with Gasteiger partial charge in [-0.05, 0) is 44.5 Å². The Morgan fingerprint density at radius 2 is 1.82 bits per heavy atom. The summed E-state index contributed by atoms with van der Waals surface area (Å²) < 4.78 is 13.3. The fourth-order valence-electron chi connectivity index (χ4n) is 2.05. The monoisotopic (exact) mass is 304 g/mol. The molecular formula is C16H24N4O2. The van der Waals surface area contributed by atoms with Gasteiger partial charge in [0.05, 0.1) is 12.6 Å². The van der Waals surface area contributed by atoms with Gasteiger partial charge in [-0.1, -0.05) is 18.4 Å². The molecule has 0 fully saturated rings. The van der Waals surface area contributed by atoms with Crippen molar-refractivity contribution in [1.29, 1.82) is 0 Å². The van der Waals surface area contributed by atoms with Gasteiger partial charge in [0.25, 0.3) is 0 Å². The fourth-order valence-corrected chi connectivity index (χ4v) is 2.05. The minimum Gasteiger partial charge on any atom is -0.494 e. The molecule has 0 unspecified atom stereocenters. The first-order valence-corrected chi connectivity index (χ1v) is 7.75. The summed E-state index contributed by atoms with van der Waals surface area (Å²) in [5.41, 5.74) is 5.88. The van der Waals surface area contributed by atoms with E-state index in [4.69, 9.17) is 15.2 Å². The van der Waals surface area contributed by atoms with Gasteiger partial charge in [0.2, 0.25) is 0 Å². The molecular weight excluding hydrogens is 280 g/mol. The number of rotatable bonds is 8. The average Bonchev–Trinajstić information content (AvgIpc) is 2.92. The highest BCUT2D eigenvalue weighted by molar-refractivity contribution is 5.32. The lowest BCUT2D eigenvalue weighted by atomic mass is 10.3. The average molecular weight is 304 g/mol. The second kappa shape index (κ2) is 7.79. The van der Waals surface area contributed by atoms with E-state index in [1.807, 2.05) is 42.7 Å². The standard InChI is InChI=1S/C16H24N4O2/c1-4-6-11-21-13-7-9-14(10-8-13)22-16-19-18-15(12(3)17)20(16)5-2/h7-10,12H,4-6,11,17H2,1-3H3/t12-/m1/s1. The highest BCUT2D eigenvalue weighted by Gasteiger charge is 2.15. The molecule has 0 aliphatic heterocycles. The molecule has 0 saturated carbocycles. The summed E-state index contributed by atoms with van der Waals surface area (Å²) in [4.78, 5) is 0. The molecule has 0 saturated heterocycles. The third-order valence-corrected chi connectivity index (χ3v) is 3.27. The van der Waals surface area contributed by atoms with Crippen LogP contribution in [-0.2, 0) is 6.54 Å². The second-order valence-corrected chi connectivity index (χ2v) is 5.15. The molecule has 0 radical (unpaired) electrons. The van der Waals surface area contributed by atoms with Crippen LogP contribution in [0.5, 0.6) is 17.5 Å². The molecule has 2 N–H and O–H groups in total. The predicted octanol–water partition coefficient (Wildman–Crippen LogP) is 3.29. The van der Waals surface area contributed by atoms with Crippen LogP contribution in [0.2, 0.25) is 0 Å². The number of unbranched alkanes of at least 4 members (excludes halogenated alkanes) is 1. The van der Waals surface area contributed by atoms with Crippen LogP contribution in [-0.4, -0.2) is 21.4 Å². The normalized spacial score (nSPS) is 12.2. The Kier molecular flexibility index (Phi) is 5.77. The van der Waals surface area contributed by atoms with Crippen molar-refractivity contribution >= 4 is 0 Å². The topological polar surface area (TPSA) is 75.2 Å². The van der Waals surface area contributed by atoms with Crippen molar-refractivity contribution in [1.82, 2.24) is 14.8 Å². The van der Waals surface area contributed by atoms with Crippen LogP contribution < -0.4 is 15.2 Å². The first-order chi connectivity index (χ1) is 10.7. The highest BCUT2D eigenvalue weighted by atomic mass is 16.5. The quantitative estimate of drug-likeness (QED) is 0.757. The van der Waals surface area contributed by atoms with Crippen molar-refractivity contribution in [2.75, 3.05) is 6.61 Å². The number of hydrogen-bond donors (Lipinski definition) is 1. The van der Waals surface area contributed by atoms with Crippen molar-refractivity contribution < 1.29 is 9.47 Å². The molecule has 6 nitrogen and oxygen atoms in total. The molecule has 0 spiro atoms. The van der Waals surface area contributed by atoms with Crippen molar-refractivity contribution in [3.05, 3.63) is 30.1 Å². The van der Waals surface area contributed by atoms with Crippen LogP contribution in [0.1, 0.15) is 45.5 Å². The molecule has 0 bridgehead atoms. The van der Waals surface area contributed by atoms with Crippen molar-refractivity contribution in [3.63, 3.8) is 0 Å². The Morgan fingerprint density at radius 3 is 2.41 bits per heavy atom.